The van der Waals surface area contributed by atoms with Crippen LogP contribution in [0.5, 0.6) is 0 Å². The van der Waals surface area contributed by atoms with Crippen molar-refractivity contribution < 1.29 is 5.11 Å². The molecule has 2 nitrogen and oxygen atoms in total. The molecule has 0 radical (unpaired) electrons. The first-order valence-electron chi connectivity index (χ1n) is 7.45. The number of hydrogen-bond donors (Lipinski definition) is 2. The third-order valence-electron chi connectivity index (χ3n) is 3.99. The van der Waals surface area contributed by atoms with Crippen molar-refractivity contribution in [2.45, 2.75) is 18.9 Å². The van der Waals surface area contributed by atoms with Gasteiger partial charge in [0.2, 0.25) is 0 Å². The predicted octanol–water partition coefficient (Wildman–Crippen LogP) is 3.37. The lowest BCUT2D eigenvalue weighted by atomic mass is 10.0. The smallest absolute Gasteiger partial charge is 0.0438 e. The lowest BCUT2D eigenvalue weighted by Gasteiger charge is -2.13. The van der Waals surface area contributed by atoms with Crippen LogP contribution in [-0.2, 0) is 6.42 Å². The minimum absolute atomic E-state index is 0.0719. The van der Waals surface area contributed by atoms with E-state index in [1.54, 1.807) is 0 Å². The molecule has 3 heteroatoms. The molecule has 2 aromatic carbocycles. The molecule has 110 valence electrons. The summed E-state index contributed by atoms with van der Waals surface area (Å²) in [6.45, 7) is 0.263. The molecular formula is C18H21NOS. The quantitative estimate of drug-likeness (QED) is 0.686. The summed E-state index contributed by atoms with van der Waals surface area (Å²) >= 11 is 1.82. The standard InChI is InChI=1S/C18H21NOS/c19-18(12-21-9-3-8-20)14-6-7-17-15(11-14)10-13-4-1-2-5-16(13)17/h1-2,4-7,11,18,20H,3,8-10,12,19H2. The van der Waals surface area contributed by atoms with Crippen molar-refractivity contribution in [3.63, 3.8) is 0 Å². The van der Waals surface area contributed by atoms with Crippen molar-refractivity contribution in [1.29, 1.82) is 0 Å². The van der Waals surface area contributed by atoms with Gasteiger partial charge in [-0.3, -0.25) is 0 Å². The second-order valence-corrected chi connectivity index (χ2v) is 6.66. The Morgan fingerprint density at radius 3 is 2.76 bits per heavy atom. The fourth-order valence-corrected chi connectivity index (χ4v) is 3.82. The monoisotopic (exact) mass is 299 g/mol. The highest BCUT2D eigenvalue weighted by molar-refractivity contribution is 7.99. The van der Waals surface area contributed by atoms with Crippen molar-refractivity contribution in [3.8, 4) is 11.1 Å². The van der Waals surface area contributed by atoms with Gasteiger partial charge in [-0.25, -0.2) is 0 Å². The second-order valence-electron chi connectivity index (χ2n) is 5.51. The molecule has 0 amide bonds. The van der Waals surface area contributed by atoms with E-state index >= 15 is 0 Å². The van der Waals surface area contributed by atoms with Crippen LogP contribution >= 0.6 is 11.8 Å². The average Bonchev–Trinajstić information content (AvgIpc) is 2.89. The zero-order valence-electron chi connectivity index (χ0n) is 12.1. The van der Waals surface area contributed by atoms with Crippen molar-refractivity contribution in [2.24, 2.45) is 5.73 Å². The van der Waals surface area contributed by atoms with Crippen LogP contribution in [0.2, 0.25) is 0 Å². The predicted molar refractivity (Wildman–Crippen MR) is 90.6 cm³/mol. The normalized spacial score (nSPS) is 13.8. The van der Waals surface area contributed by atoms with Gasteiger partial charge in [-0.2, -0.15) is 11.8 Å². The van der Waals surface area contributed by atoms with Crippen molar-refractivity contribution in [3.05, 3.63) is 59.2 Å². The van der Waals surface area contributed by atoms with E-state index in [9.17, 15) is 0 Å². The van der Waals surface area contributed by atoms with Crippen LogP contribution in [0.3, 0.4) is 0 Å². The Morgan fingerprint density at radius 1 is 1.10 bits per heavy atom. The zero-order valence-corrected chi connectivity index (χ0v) is 12.9. The SMILES string of the molecule is NC(CSCCCO)c1ccc2c(c1)Cc1ccccc1-2. The number of aliphatic hydroxyl groups is 1. The highest BCUT2D eigenvalue weighted by Crippen LogP contribution is 2.37. The van der Waals surface area contributed by atoms with Gasteiger partial charge in [-0.1, -0.05) is 42.5 Å². The van der Waals surface area contributed by atoms with Gasteiger partial charge in [0.1, 0.15) is 0 Å². The topological polar surface area (TPSA) is 46.2 Å². The lowest BCUT2D eigenvalue weighted by Crippen LogP contribution is -2.13. The molecule has 0 heterocycles. The maximum absolute atomic E-state index is 8.80. The molecule has 1 unspecified atom stereocenters. The Morgan fingerprint density at radius 2 is 1.90 bits per heavy atom. The largest absolute Gasteiger partial charge is 0.396 e. The van der Waals surface area contributed by atoms with Gasteiger partial charge in [0.05, 0.1) is 0 Å². The second kappa shape index (κ2) is 6.65. The van der Waals surface area contributed by atoms with E-state index in [-0.39, 0.29) is 12.6 Å². The lowest BCUT2D eigenvalue weighted by molar-refractivity contribution is 0.296. The molecule has 1 aliphatic carbocycles. The summed E-state index contributed by atoms with van der Waals surface area (Å²) in [5, 5.41) is 8.80. The van der Waals surface area contributed by atoms with E-state index in [0.29, 0.717) is 0 Å². The van der Waals surface area contributed by atoms with E-state index in [2.05, 4.69) is 42.5 Å². The Kier molecular flexibility index (Phi) is 4.63. The molecule has 0 aromatic heterocycles. The van der Waals surface area contributed by atoms with Gasteiger partial charge in [-0.15, -0.1) is 0 Å². The first kappa shape index (κ1) is 14.6. The fourth-order valence-electron chi connectivity index (χ4n) is 2.87. The summed E-state index contributed by atoms with van der Waals surface area (Å²) in [4.78, 5) is 0. The van der Waals surface area contributed by atoms with Crippen molar-refractivity contribution in [1.82, 2.24) is 0 Å². The van der Waals surface area contributed by atoms with Crippen LogP contribution in [-0.4, -0.2) is 23.2 Å². The van der Waals surface area contributed by atoms with E-state index in [1.165, 1.54) is 27.8 Å². The summed E-state index contributed by atoms with van der Waals surface area (Å²) in [6.07, 6.45) is 1.86. The Hall–Kier alpha value is -1.29. The average molecular weight is 299 g/mol. The number of aliphatic hydroxyl groups excluding tert-OH is 1. The summed E-state index contributed by atoms with van der Waals surface area (Å²) in [7, 11) is 0. The minimum Gasteiger partial charge on any atom is -0.396 e. The molecule has 0 saturated carbocycles. The molecule has 1 aliphatic rings. The molecule has 3 rings (SSSR count). The van der Waals surface area contributed by atoms with Crippen LogP contribution < -0.4 is 5.73 Å². The Bertz CT molecular complexity index is 626. The fraction of sp³-hybridized carbons (Fsp3) is 0.333. The van der Waals surface area contributed by atoms with Gasteiger partial charge in [0, 0.05) is 18.4 Å². The number of fused-ring (bicyclic) bond motifs is 3. The van der Waals surface area contributed by atoms with Gasteiger partial charge in [0.15, 0.2) is 0 Å². The van der Waals surface area contributed by atoms with Crippen LogP contribution in [0.15, 0.2) is 42.5 Å². The zero-order chi connectivity index (χ0) is 14.7. The molecule has 0 bridgehead atoms. The molecule has 21 heavy (non-hydrogen) atoms. The van der Waals surface area contributed by atoms with E-state index in [1.807, 2.05) is 11.8 Å². The van der Waals surface area contributed by atoms with E-state index in [4.69, 9.17) is 10.8 Å². The first-order valence-corrected chi connectivity index (χ1v) is 8.60. The third kappa shape index (κ3) is 3.15. The molecule has 1 atom stereocenters. The van der Waals surface area contributed by atoms with Crippen molar-refractivity contribution in [2.75, 3.05) is 18.1 Å². The minimum atomic E-state index is 0.0719. The van der Waals surface area contributed by atoms with E-state index in [0.717, 1.165) is 24.3 Å². The summed E-state index contributed by atoms with van der Waals surface area (Å²) in [5.74, 6) is 1.88. The Labute approximate surface area is 130 Å². The van der Waals surface area contributed by atoms with Gasteiger partial charge in [-0.05, 0) is 46.4 Å². The Balaban J connectivity index is 1.71. The first-order chi connectivity index (χ1) is 10.3. The molecule has 0 saturated heterocycles. The van der Waals surface area contributed by atoms with Gasteiger partial charge in [0.25, 0.3) is 0 Å². The third-order valence-corrected chi connectivity index (χ3v) is 5.16. The summed E-state index contributed by atoms with van der Waals surface area (Å²) in [6, 6.07) is 15.3. The molecule has 2 aromatic rings. The van der Waals surface area contributed by atoms with Crippen molar-refractivity contribution >= 4 is 11.8 Å². The van der Waals surface area contributed by atoms with Crippen LogP contribution in [0.4, 0.5) is 0 Å². The highest BCUT2D eigenvalue weighted by atomic mass is 32.2. The van der Waals surface area contributed by atoms with Gasteiger partial charge < -0.3 is 10.8 Å². The van der Waals surface area contributed by atoms with Crippen LogP contribution in [0.25, 0.3) is 11.1 Å². The molecule has 0 aliphatic heterocycles. The number of hydrogen-bond acceptors (Lipinski definition) is 3. The maximum Gasteiger partial charge on any atom is 0.0438 e. The van der Waals surface area contributed by atoms with E-state index < -0.39 is 0 Å². The summed E-state index contributed by atoms with van der Waals surface area (Å²) in [5.41, 5.74) is 13.0. The highest BCUT2D eigenvalue weighted by Gasteiger charge is 2.19. The number of nitrogens with two attached hydrogens (primary N) is 1. The van der Waals surface area contributed by atoms with Crippen LogP contribution in [0.1, 0.15) is 29.2 Å². The summed E-state index contributed by atoms with van der Waals surface area (Å²) < 4.78 is 0. The maximum atomic E-state index is 8.80. The molecule has 3 N–H and O–H groups in total. The van der Waals surface area contributed by atoms with Crippen LogP contribution in [0, 0.1) is 0 Å². The van der Waals surface area contributed by atoms with Gasteiger partial charge >= 0.3 is 0 Å². The number of thioether (sulfide) groups is 1. The molecule has 0 fully saturated rings. The molecular weight excluding hydrogens is 278 g/mol. The number of benzene rings is 2. The molecule has 0 spiro atoms. The number of rotatable bonds is 6.